The van der Waals surface area contributed by atoms with Crippen molar-refractivity contribution in [1.29, 1.82) is 0 Å². The highest BCUT2D eigenvalue weighted by Gasteiger charge is 2.69. The first kappa shape index (κ1) is 38.4. The van der Waals surface area contributed by atoms with Crippen LogP contribution >= 0.6 is 0 Å². The molecule has 4 saturated carbocycles. The first-order valence-corrected chi connectivity index (χ1v) is 20.3. The third-order valence-corrected chi connectivity index (χ3v) is 16.2. The van der Waals surface area contributed by atoms with Crippen molar-refractivity contribution in [1.82, 2.24) is 0 Å². The van der Waals surface area contributed by atoms with Crippen LogP contribution in [0, 0.1) is 52.3 Å². The number of rotatable bonds is 6. The summed E-state index contributed by atoms with van der Waals surface area (Å²) in [5, 5.41) is 72.8. The van der Waals surface area contributed by atoms with E-state index in [0.29, 0.717) is 41.4 Å². The largest absolute Gasteiger partial charge is 0.394 e. The van der Waals surface area contributed by atoms with Crippen LogP contribution < -0.4 is 0 Å². The summed E-state index contributed by atoms with van der Waals surface area (Å²) < 4.78 is 37.0. The standard InChI is InChI=1S/C39H64O13/c1-18-7-12-39(47-17-18)19(2)28-25(52-39)14-24-22-6-5-20-13-21(8-10-37(20,3)23(22)9-11-38(24,28)4)48-35-33(46)31(44)34(27(16-41)50-35)51-36-32(45)30(43)29(42)26(15-40)49-36/h18-36,40-46H,5-17H2,1-4H3/t18-,19+,20+,21-,22-,23+,24+,25+,26-,27-,28+,29-,30+,31-,32-,33-,34+,35-,36+,37+,38+,39-/m1/s1. The van der Waals surface area contributed by atoms with Gasteiger partial charge in [0.25, 0.3) is 0 Å². The molecule has 0 radical (unpaired) electrons. The lowest BCUT2D eigenvalue weighted by molar-refractivity contribution is -0.364. The van der Waals surface area contributed by atoms with Gasteiger partial charge < -0.3 is 64.2 Å². The van der Waals surface area contributed by atoms with Gasteiger partial charge in [-0.15, -0.1) is 0 Å². The third kappa shape index (κ3) is 5.98. The molecule has 8 fully saturated rings. The molecule has 0 aromatic heterocycles. The zero-order chi connectivity index (χ0) is 36.9. The smallest absolute Gasteiger partial charge is 0.187 e. The fourth-order valence-electron chi connectivity index (χ4n) is 13.2. The van der Waals surface area contributed by atoms with Gasteiger partial charge in [-0.3, -0.25) is 0 Å². The molecule has 0 aromatic carbocycles. The summed E-state index contributed by atoms with van der Waals surface area (Å²) in [6.07, 6.45) is -3.66. The Morgan fingerprint density at radius 3 is 2.08 bits per heavy atom. The van der Waals surface area contributed by atoms with E-state index in [1.165, 1.54) is 25.7 Å². The van der Waals surface area contributed by atoms with Crippen LogP contribution in [-0.2, 0) is 28.4 Å². The molecule has 4 aliphatic carbocycles. The number of hydrogen-bond acceptors (Lipinski definition) is 13. The van der Waals surface area contributed by atoms with E-state index >= 15 is 0 Å². The van der Waals surface area contributed by atoms with Crippen molar-refractivity contribution in [2.24, 2.45) is 52.3 Å². The molecule has 4 saturated heterocycles. The summed E-state index contributed by atoms with van der Waals surface area (Å²) in [6.45, 7) is 9.33. The Hall–Kier alpha value is -0.520. The lowest BCUT2D eigenvalue weighted by Gasteiger charge is -2.61. The normalized spacial score (nSPS) is 59.0. The van der Waals surface area contributed by atoms with Gasteiger partial charge in [0, 0.05) is 12.3 Å². The van der Waals surface area contributed by atoms with E-state index < -0.39 is 80.4 Å². The molecule has 298 valence electrons. The molecule has 8 aliphatic rings. The van der Waals surface area contributed by atoms with Crippen molar-refractivity contribution in [2.45, 2.75) is 171 Å². The Morgan fingerprint density at radius 1 is 0.673 bits per heavy atom. The topological polar surface area (TPSA) is 197 Å². The van der Waals surface area contributed by atoms with Crippen LogP contribution in [0.25, 0.3) is 0 Å². The molecule has 22 atom stereocenters. The van der Waals surface area contributed by atoms with E-state index in [4.69, 9.17) is 28.4 Å². The van der Waals surface area contributed by atoms with Crippen molar-refractivity contribution < 1.29 is 64.2 Å². The Bertz CT molecular complexity index is 1260. The van der Waals surface area contributed by atoms with E-state index in [0.717, 1.165) is 45.1 Å². The summed E-state index contributed by atoms with van der Waals surface area (Å²) in [7, 11) is 0. The average molecular weight is 741 g/mol. The first-order chi connectivity index (χ1) is 24.7. The molecule has 13 heteroatoms. The monoisotopic (exact) mass is 740 g/mol. The maximum atomic E-state index is 11.2. The minimum Gasteiger partial charge on any atom is -0.394 e. The van der Waals surface area contributed by atoms with Crippen LogP contribution in [0.4, 0.5) is 0 Å². The molecule has 0 aromatic rings. The summed E-state index contributed by atoms with van der Waals surface area (Å²) in [4.78, 5) is 0. The minimum absolute atomic E-state index is 0.188. The highest BCUT2D eigenvalue weighted by Crippen LogP contribution is 2.71. The second kappa shape index (κ2) is 14.1. The number of aliphatic hydroxyl groups excluding tert-OH is 7. The molecule has 13 nitrogen and oxygen atoms in total. The van der Waals surface area contributed by atoms with Gasteiger partial charge in [0.05, 0.1) is 32.0 Å². The predicted octanol–water partition coefficient (Wildman–Crippen LogP) is 1.44. The van der Waals surface area contributed by atoms with Crippen molar-refractivity contribution in [3.05, 3.63) is 0 Å². The maximum absolute atomic E-state index is 11.2. The molecule has 0 unspecified atom stereocenters. The minimum atomic E-state index is -1.71. The van der Waals surface area contributed by atoms with Gasteiger partial charge in [-0.05, 0) is 104 Å². The SMILES string of the molecule is C[C@@H]1CC[C@@]2(OC1)O[C@H]1C[C@H]3[C@@H]4CC[C@H]5C[C@H](O[C@@H]6O[C@H](CO)[C@H](O[C@@H]7O[C@H](CO)[C@@H](O)[C@H](O)[C@H]7O)[C@H](O)[C@H]6O)CC[C@]5(C)[C@H]4CC[C@]3(C)[C@H]1[C@@H]2C. The Balaban J connectivity index is 0.892. The summed E-state index contributed by atoms with van der Waals surface area (Å²) in [5.74, 6) is 3.63. The van der Waals surface area contributed by atoms with Gasteiger partial charge in [0.2, 0.25) is 0 Å². The fourth-order valence-corrected chi connectivity index (χ4v) is 13.2. The van der Waals surface area contributed by atoms with Crippen LogP contribution in [0.15, 0.2) is 0 Å². The van der Waals surface area contributed by atoms with Crippen molar-refractivity contribution in [3.8, 4) is 0 Å². The van der Waals surface area contributed by atoms with Crippen LogP contribution in [0.2, 0.25) is 0 Å². The average Bonchev–Trinajstić information content (AvgIpc) is 3.58. The quantitative estimate of drug-likeness (QED) is 0.194. The molecular formula is C39H64O13. The zero-order valence-electron chi connectivity index (χ0n) is 31.2. The van der Waals surface area contributed by atoms with E-state index in [9.17, 15) is 35.7 Å². The van der Waals surface area contributed by atoms with E-state index in [2.05, 4.69) is 27.7 Å². The van der Waals surface area contributed by atoms with Gasteiger partial charge in [-0.25, -0.2) is 0 Å². The van der Waals surface area contributed by atoms with Crippen LogP contribution in [0.5, 0.6) is 0 Å². The van der Waals surface area contributed by atoms with E-state index in [1.54, 1.807) is 0 Å². The van der Waals surface area contributed by atoms with Crippen molar-refractivity contribution in [3.63, 3.8) is 0 Å². The molecule has 0 bridgehead atoms. The van der Waals surface area contributed by atoms with Crippen molar-refractivity contribution in [2.75, 3.05) is 19.8 Å². The zero-order valence-corrected chi connectivity index (χ0v) is 31.2. The van der Waals surface area contributed by atoms with Crippen LogP contribution in [0.3, 0.4) is 0 Å². The molecule has 4 heterocycles. The predicted molar refractivity (Wildman–Crippen MR) is 183 cm³/mol. The van der Waals surface area contributed by atoms with Gasteiger partial charge in [-0.1, -0.05) is 27.7 Å². The van der Waals surface area contributed by atoms with Crippen LogP contribution in [-0.4, -0.2) is 135 Å². The van der Waals surface area contributed by atoms with Crippen molar-refractivity contribution >= 4 is 0 Å². The highest BCUT2D eigenvalue weighted by atomic mass is 16.7. The fraction of sp³-hybridized carbons (Fsp3) is 1.00. The lowest BCUT2D eigenvalue weighted by atomic mass is 9.44. The Morgan fingerprint density at radius 2 is 1.37 bits per heavy atom. The molecule has 1 spiro atoms. The summed E-state index contributed by atoms with van der Waals surface area (Å²) >= 11 is 0. The van der Waals surface area contributed by atoms with Gasteiger partial charge in [0.15, 0.2) is 18.4 Å². The van der Waals surface area contributed by atoms with E-state index in [-0.39, 0.29) is 23.0 Å². The summed E-state index contributed by atoms with van der Waals surface area (Å²) in [5.41, 5.74) is 0.468. The number of aliphatic hydroxyl groups is 7. The first-order valence-electron chi connectivity index (χ1n) is 20.3. The second-order valence-electron chi connectivity index (χ2n) is 18.7. The molecule has 7 N–H and O–H groups in total. The number of hydrogen-bond donors (Lipinski definition) is 7. The highest BCUT2D eigenvalue weighted by molar-refractivity contribution is 5.15. The van der Waals surface area contributed by atoms with Gasteiger partial charge in [0.1, 0.15) is 48.8 Å². The van der Waals surface area contributed by atoms with Gasteiger partial charge >= 0.3 is 0 Å². The second-order valence-corrected chi connectivity index (χ2v) is 18.7. The third-order valence-electron chi connectivity index (χ3n) is 16.2. The molecular weight excluding hydrogens is 676 g/mol. The molecule has 4 aliphatic heterocycles. The van der Waals surface area contributed by atoms with E-state index in [1.807, 2.05) is 0 Å². The number of fused-ring (bicyclic) bond motifs is 7. The summed E-state index contributed by atoms with van der Waals surface area (Å²) in [6, 6.07) is 0. The molecule has 8 rings (SSSR count). The maximum Gasteiger partial charge on any atom is 0.187 e. The van der Waals surface area contributed by atoms with Crippen LogP contribution in [0.1, 0.15) is 91.9 Å². The Kier molecular flexibility index (Phi) is 10.4. The number of ether oxygens (including phenoxy) is 6. The molecule has 52 heavy (non-hydrogen) atoms. The lowest BCUT2D eigenvalue weighted by Crippen LogP contribution is -2.65. The van der Waals surface area contributed by atoms with Gasteiger partial charge in [-0.2, -0.15) is 0 Å². The Labute approximate surface area is 307 Å². The molecule has 0 amide bonds.